The van der Waals surface area contributed by atoms with Gasteiger partial charge in [0.2, 0.25) is 5.82 Å². The van der Waals surface area contributed by atoms with Gasteiger partial charge in [-0.3, -0.25) is 14.8 Å². The van der Waals surface area contributed by atoms with Crippen molar-refractivity contribution in [3.8, 4) is 0 Å². The van der Waals surface area contributed by atoms with Crippen LogP contribution < -0.4 is 5.32 Å². The zero-order chi connectivity index (χ0) is 11.4. The van der Waals surface area contributed by atoms with E-state index < -0.39 is 4.92 Å². The molecular weight excluding hydrogens is 196 g/mol. The van der Waals surface area contributed by atoms with Crippen LogP contribution in [0.2, 0.25) is 0 Å². The van der Waals surface area contributed by atoms with Crippen molar-refractivity contribution in [1.82, 2.24) is 9.78 Å². The van der Waals surface area contributed by atoms with Gasteiger partial charge in [0.1, 0.15) is 6.20 Å². The van der Waals surface area contributed by atoms with E-state index in [1.54, 1.807) is 7.05 Å². The summed E-state index contributed by atoms with van der Waals surface area (Å²) >= 11 is 0. The Bertz CT molecular complexity index is 346. The molecule has 15 heavy (non-hydrogen) atoms. The number of nitrogens with zero attached hydrogens (tertiary/aromatic N) is 3. The number of hydrogen-bond acceptors (Lipinski definition) is 4. The van der Waals surface area contributed by atoms with E-state index in [1.807, 2.05) is 0 Å². The van der Waals surface area contributed by atoms with Crippen LogP contribution >= 0.6 is 0 Å². The second-order valence-electron chi connectivity index (χ2n) is 3.90. The van der Waals surface area contributed by atoms with Crippen molar-refractivity contribution in [2.45, 2.75) is 20.3 Å². The summed E-state index contributed by atoms with van der Waals surface area (Å²) in [6, 6.07) is 0. The Morgan fingerprint density at radius 2 is 2.33 bits per heavy atom. The minimum atomic E-state index is -0.426. The van der Waals surface area contributed by atoms with Gasteiger partial charge >= 0.3 is 5.69 Å². The van der Waals surface area contributed by atoms with Crippen LogP contribution in [0.15, 0.2) is 6.20 Å². The van der Waals surface area contributed by atoms with Crippen LogP contribution in [-0.2, 0) is 7.05 Å². The molecule has 0 amide bonds. The maximum Gasteiger partial charge on any atom is 0.330 e. The van der Waals surface area contributed by atoms with Gasteiger partial charge in [-0.2, -0.15) is 0 Å². The number of aromatic nitrogens is 2. The smallest absolute Gasteiger partial charge is 0.330 e. The normalized spacial score (nSPS) is 10.7. The van der Waals surface area contributed by atoms with E-state index in [0.717, 1.165) is 6.42 Å². The lowest BCUT2D eigenvalue weighted by Crippen LogP contribution is -2.06. The van der Waals surface area contributed by atoms with Crippen LogP contribution in [0, 0.1) is 16.0 Å². The molecule has 6 heteroatoms. The van der Waals surface area contributed by atoms with Gasteiger partial charge in [-0.15, -0.1) is 5.10 Å². The monoisotopic (exact) mass is 212 g/mol. The van der Waals surface area contributed by atoms with Gasteiger partial charge < -0.3 is 5.32 Å². The largest absolute Gasteiger partial charge is 0.363 e. The molecule has 0 radical (unpaired) electrons. The Morgan fingerprint density at radius 1 is 1.67 bits per heavy atom. The highest BCUT2D eigenvalue weighted by Gasteiger charge is 2.17. The molecule has 0 aliphatic carbocycles. The van der Waals surface area contributed by atoms with Crippen LogP contribution in [0.1, 0.15) is 20.3 Å². The van der Waals surface area contributed by atoms with E-state index in [-0.39, 0.29) is 5.69 Å². The van der Waals surface area contributed by atoms with Crippen molar-refractivity contribution in [2.24, 2.45) is 13.0 Å². The number of nitro groups is 1. The maximum absolute atomic E-state index is 10.6. The summed E-state index contributed by atoms with van der Waals surface area (Å²) in [5.41, 5.74) is 0.0289. The predicted molar refractivity (Wildman–Crippen MR) is 57.8 cm³/mol. The van der Waals surface area contributed by atoms with Gasteiger partial charge in [0.05, 0.1) is 4.92 Å². The SMILES string of the molecule is CC(C)CCNc1nn(C)cc1[N+](=O)[O-]. The van der Waals surface area contributed by atoms with Crippen LogP contribution in [0.3, 0.4) is 0 Å². The van der Waals surface area contributed by atoms with Gasteiger partial charge in [-0.05, 0) is 12.3 Å². The molecule has 0 bridgehead atoms. The fraction of sp³-hybridized carbons (Fsp3) is 0.667. The summed E-state index contributed by atoms with van der Waals surface area (Å²) in [5, 5.41) is 17.6. The summed E-state index contributed by atoms with van der Waals surface area (Å²) in [5.74, 6) is 0.920. The minimum absolute atomic E-state index is 0.0289. The molecule has 0 unspecified atom stereocenters. The molecular formula is C9H16N4O2. The molecule has 0 spiro atoms. The van der Waals surface area contributed by atoms with Gasteiger partial charge in [0.15, 0.2) is 0 Å². The summed E-state index contributed by atoms with van der Waals surface area (Å²) in [6.07, 6.45) is 2.37. The first-order chi connectivity index (χ1) is 7.00. The Kier molecular flexibility index (Phi) is 3.65. The Balaban J connectivity index is 2.63. The van der Waals surface area contributed by atoms with Crippen LogP contribution in [0.4, 0.5) is 11.5 Å². The van der Waals surface area contributed by atoms with Crippen LogP contribution in [0.25, 0.3) is 0 Å². The minimum Gasteiger partial charge on any atom is -0.363 e. The van der Waals surface area contributed by atoms with Gasteiger partial charge in [0.25, 0.3) is 0 Å². The number of anilines is 1. The highest BCUT2D eigenvalue weighted by atomic mass is 16.6. The first-order valence-electron chi connectivity index (χ1n) is 4.92. The lowest BCUT2D eigenvalue weighted by atomic mass is 10.1. The fourth-order valence-electron chi connectivity index (χ4n) is 1.21. The third-order valence-corrected chi connectivity index (χ3v) is 2.02. The van der Waals surface area contributed by atoms with Crippen LogP contribution in [-0.4, -0.2) is 21.2 Å². The number of rotatable bonds is 5. The average Bonchev–Trinajstić information content (AvgIpc) is 2.46. The van der Waals surface area contributed by atoms with E-state index in [4.69, 9.17) is 0 Å². The Morgan fingerprint density at radius 3 is 2.87 bits per heavy atom. The number of aryl methyl sites for hydroxylation is 1. The van der Waals surface area contributed by atoms with E-state index in [2.05, 4.69) is 24.3 Å². The third-order valence-electron chi connectivity index (χ3n) is 2.02. The second-order valence-corrected chi connectivity index (χ2v) is 3.90. The molecule has 1 aromatic rings. The lowest BCUT2D eigenvalue weighted by Gasteiger charge is -2.04. The number of hydrogen-bond donors (Lipinski definition) is 1. The van der Waals surface area contributed by atoms with Crippen molar-refractivity contribution in [3.63, 3.8) is 0 Å². The van der Waals surface area contributed by atoms with E-state index in [9.17, 15) is 10.1 Å². The summed E-state index contributed by atoms with van der Waals surface area (Å²) < 4.78 is 1.44. The molecule has 0 atom stereocenters. The molecule has 0 saturated carbocycles. The van der Waals surface area contributed by atoms with Crippen LogP contribution in [0.5, 0.6) is 0 Å². The van der Waals surface area contributed by atoms with Crippen molar-refractivity contribution >= 4 is 11.5 Å². The summed E-state index contributed by atoms with van der Waals surface area (Å²) in [6.45, 7) is 4.92. The molecule has 84 valence electrons. The van der Waals surface area contributed by atoms with Gasteiger partial charge in [-0.25, -0.2) is 0 Å². The first kappa shape index (κ1) is 11.5. The quantitative estimate of drug-likeness (QED) is 0.596. The number of nitrogens with one attached hydrogen (secondary N) is 1. The first-order valence-corrected chi connectivity index (χ1v) is 4.92. The standard InChI is InChI=1S/C9H16N4O2/c1-7(2)4-5-10-9-8(13(14)15)6-12(3)11-9/h6-7H,4-5H2,1-3H3,(H,10,11). The van der Waals surface area contributed by atoms with Crippen molar-refractivity contribution in [2.75, 3.05) is 11.9 Å². The van der Waals surface area contributed by atoms with Crippen molar-refractivity contribution in [1.29, 1.82) is 0 Å². The molecule has 0 aromatic carbocycles. The molecule has 0 aliphatic rings. The molecule has 1 N–H and O–H groups in total. The molecule has 6 nitrogen and oxygen atoms in total. The van der Waals surface area contributed by atoms with E-state index >= 15 is 0 Å². The molecule has 1 heterocycles. The predicted octanol–water partition coefficient (Wildman–Crippen LogP) is 1.79. The summed E-state index contributed by atoms with van der Waals surface area (Å²) in [7, 11) is 1.67. The topological polar surface area (TPSA) is 73.0 Å². The fourth-order valence-corrected chi connectivity index (χ4v) is 1.21. The van der Waals surface area contributed by atoms with Gasteiger partial charge in [-0.1, -0.05) is 13.8 Å². The third kappa shape index (κ3) is 3.23. The molecule has 0 aliphatic heterocycles. The van der Waals surface area contributed by atoms with E-state index in [0.29, 0.717) is 18.3 Å². The molecule has 1 rings (SSSR count). The summed E-state index contributed by atoms with van der Waals surface area (Å²) in [4.78, 5) is 10.2. The highest BCUT2D eigenvalue weighted by molar-refractivity contribution is 5.54. The molecule has 0 saturated heterocycles. The lowest BCUT2D eigenvalue weighted by molar-refractivity contribution is -0.384. The molecule has 1 aromatic heterocycles. The zero-order valence-corrected chi connectivity index (χ0v) is 9.23. The average molecular weight is 212 g/mol. The zero-order valence-electron chi connectivity index (χ0n) is 9.23. The van der Waals surface area contributed by atoms with E-state index in [1.165, 1.54) is 10.9 Å². The molecule has 0 fully saturated rings. The van der Waals surface area contributed by atoms with Crippen molar-refractivity contribution < 1.29 is 4.92 Å². The van der Waals surface area contributed by atoms with Gasteiger partial charge in [0, 0.05) is 13.6 Å². The highest BCUT2D eigenvalue weighted by Crippen LogP contribution is 2.21. The Labute approximate surface area is 88.4 Å². The Hall–Kier alpha value is -1.59. The second kappa shape index (κ2) is 4.77. The van der Waals surface area contributed by atoms with Crippen molar-refractivity contribution in [3.05, 3.63) is 16.3 Å². The maximum atomic E-state index is 10.6.